The number of fused-ring (bicyclic) bond motifs is 1. The summed E-state index contributed by atoms with van der Waals surface area (Å²) in [7, 11) is 0. The highest BCUT2D eigenvalue weighted by molar-refractivity contribution is 6.08. The van der Waals surface area contributed by atoms with Gasteiger partial charge in [-0.15, -0.1) is 0 Å². The van der Waals surface area contributed by atoms with Crippen molar-refractivity contribution in [2.24, 2.45) is 0 Å². The molecular weight excluding hydrogens is 317 g/mol. The van der Waals surface area contributed by atoms with E-state index in [1.54, 1.807) is 6.92 Å². The average molecular weight is 332 g/mol. The van der Waals surface area contributed by atoms with Crippen LogP contribution in [0.15, 0.2) is 42.5 Å². The Kier molecular flexibility index (Phi) is 3.83. The molecule has 1 aromatic heterocycles. The maximum Gasteiger partial charge on any atom is 0.418 e. The van der Waals surface area contributed by atoms with Crippen LogP contribution < -0.4 is 5.32 Å². The zero-order chi connectivity index (χ0) is 17.5. The molecule has 0 aliphatic heterocycles. The molecule has 0 saturated heterocycles. The first-order valence-corrected chi connectivity index (χ1v) is 7.34. The van der Waals surface area contributed by atoms with E-state index in [1.807, 2.05) is 25.1 Å². The Balaban J connectivity index is 1.99. The van der Waals surface area contributed by atoms with Crippen molar-refractivity contribution in [3.8, 4) is 0 Å². The molecule has 3 rings (SSSR count). The van der Waals surface area contributed by atoms with E-state index in [0.29, 0.717) is 5.56 Å². The third kappa shape index (κ3) is 2.87. The quantitative estimate of drug-likeness (QED) is 0.677. The summed E-state index contributed by atoms with van der Waals surface area (Å²) in [5.41, 5.74) is 1.64. The molecule has 1 amide bonds. The molecule has 2 aromatic carbocycles. The number of hydrogen-bond acceptors (Lipinski definition) is 1. The van der Waals surface area contributed by atoms with Crippen molar-refractivity contribution < 1.29 is 18.0 Å². The average Bonchev–Trinajstić information content (AvgIpc) is 2.84. The van der Waals surface area contributed by atoms with Crippen molar-refractivity contribution in [2.75, 3.05) is 5.32 Å². The molecule has 0 saturated carbocycles. The summed E-state index contributed by atoms with van der Waals surface area (Å²) in [5.74, 6) is -0.599. The number of amides is 1. The molecule has 2 N–H and O–H groups in total. The number of anilines is 1. The normalized spacial score (nSPS) is 11.7. The lowest BCUT2D eigenvalue weighted by Crippen LogP contribution is -2.17. The second kappa shape index (κ2) is 5.70. The molecule has 0 spiro atoms. The lowest BCUT2D eigenvalue weighted by Gasteiger charge is -2.13. The number of carbonyl (C=O) groups excluding carboxylic acids is 1. The predicted octanol–water partition coefficient (Wildman–Crippen LogP) is 5.06. The largest absolute Gasteiger partial charge is 0.418 e. The lowest BCUT2D eigenvalue weighted by atomic mass is 10.1. The molecular formula is C18H15F3N2O. The minimum Gasteiger partial charge on any atom is -0.350 e. The Labute approximate surface area is 136 Å². The first-order valence-electron chi connectivity index (χ1n) is 7.34. The number of benzene rings is 2. The van der Waals surface area contributed by atoms with E-state index in [2.05, 4.69) is 10.3 Å². The van der Waals surface area contributed by atoms with Crippen LogP contribution >= 0.6 is 0 Å². The monoisotopic (exact) mass is 332 g/mol. The Bertz CT molecular complexity index is 926. The molecule has 0 radical (unpaired) electrons. The number of aromatic nitrogens is 1. The Morgan fingerprint density at radius 3 is 2.50 bits per heavy atom. The Morgan fingerprint density at radius 1 is 1.08 bits per heavy atom. The van der Waals surface area contributed by atoms with Crippen molar-refractivity contribution in [1.82, 2.24) is 4.98 Å². The van der Waals surface area contributed by atoms with Crippen LogP contribution in [0.5, 0.6) is 0 Å². The third-order valence-electron chi connectivity index (χ3n) is 3.92. The van der Waals surface area contributed by atoms with Gasteiger partial charge in [0.15, 0.2) is 0 Å². The first-order chi connectivity index (χ1) is 11.3. The van der Waals surface area contributed by atoms with Gasteiger partial charge in [0, 0.05) is 10.9 Å². The van der Waals surface area contributed by atoms with Gasteiger partial charge in [0.25, 0.3) is 5.91 Å². The van der Waals surface area contributed by atoms with E-state index in [0.717, 1.165) is 22.5 Å². The van der Waals surface area contributed by atoms with Crippen LogP contribution in [-0.4, -0.2) is 10.9 Å². The maximum atomic E-state index is 13.0. The number of alkyl halides is 3. The van der Waals surface area contributed by atoms with Gasteiger partial charge in [-0.3, -0.25) is 4.79 Å². The number of carbonyl (C=O) groups is 1. The smallest absolute Gasteiger partial charge is 0.350 e. The highest BCUT2D eigenvalue weighted by Crippen LogP contribution is 2.35. The minimum absolute atomic E-state index is 0.257. The van der Waals surface area contributed by atoms with E-state index in [-0.39, 0.29) is 11.4 Å². The number of aromatic amines is 1. The summed E-state index contributed by atoms with van der Waals surface area (Å²) in [5, 5.41) is 3.24. The Morgan fingerprint density at radius 2 is 1.79 bits per heavy atom. The number of aryl methyl sites for hydroxylation is 2. The van der Waals surface area contributed by atoms with Crippen molar-refractivity contribution in [3.63, 3.8) is 0 Å². The summed E-state index contributed by atoms with van der Waals surface area (Å²) in [6.45, 7) is 3.70. The zero-order valence-corrected chi connectivity index (χ0v) is 13.1. The van der Waals surface area contributed by atoms with Gasteiger partial charge in [0.2, 0.25) is 0 Å². The van der Waals surface area contributed by atoms with E-state index in [1.165, 1.54) is 18.2 Å². The second-order valence-electron chi connectivity index (χ2n) is 5.67. The molecule has 0 aliphatic rings. The van der Waals surface area contributed by atoms with E-state index < -0.39 is 17.6 Å². The summed E-state index contributed by atoms with van der Waals surface area (Å²) in [4.78, 5) is 15.4. The molecule has 6 heteroatoms. The van der Waals surface area contributed by atoms with Crippen molar-refractivity contribution in [3.05, 3.63) is 64.8 Å². The van der Waals surface area contributed by atoms with Crippen molar-refractivity contribution >= 4 is 22.5 Å². The standard InChI is InChI=1S/C18H15F3N2O/c1-10-7-8-14-12(9-10)11(2)16(22-14)17(24)23-15-6-4-3-5-13(15)18(19,20)21/h3-9,22H,1-2H3,(H,23,24). The molecule has 24 heavy (non-hydrogen) atoms. The van der Waals surface area contributed by atoms with Crippen LogP contribution in [0.1, 0.15) is 27.2 Å². The van der Waals surface area contributed by atoms with E-state index in [4.69, 9.17) is 0 Å². The summed E-state index contributed by atoms with van der Waals surface area (Å²) in [6.07, 6.45) is -4.53. The van der Waals surface area contributed by atoms with Crippen LogP contribution in [0.2, 0.25) is 0 Å². The van der Waals surface area contributed by atoms with Crippen LogP contribution in [-0.2, 0) is 6.18 Å². The van der Waals surface area contributed by atoms with Gasteiger partial charge in [0.1, 0.15) is 5.69 Å². The topological polar surface area (TPSA) is 44.9 Å². The third-order valence-corrected chi connectivity index (χ3v) is 3.92. The van der Waals surface area contributed by atoms with Crippen molar-refractivity contribution in [2.45, 2.75) is 20.0 Å². The molecule has 3 nitrogen and oxygen atoms in total. The Hall–Kier alpha value is -2.76. The van der Waals surface area contributed by atoms with Crippen LogP contribution in [0.25, 0.3) is 10.9 Å². The second-order valence-corrected chi connectivity index (χ2v) is 5.67. The minimum atomic E-state index is -4.53. The summed E-state index contributed by atoms with van der Waals surface area (Å²) in [6, 6.07) is 10.6. The number of rotatable bonds is 2. The van der Waals surface area contributed by atoms with Gasteiger partial charge in [0.05, 0.1) is 11.3 Å². The van der Waals surface area contributed by atoms with E-state index >= 15 is 0 Å². The molecule has 0 bridgehead atoms. The fourth-order valence-electron chi connectivity index (χ4n) is 2.69. The lowest BCUT2D eigenvalue weighted by molar-refractivity contribution is -0.136. The number of hydrogen-bond donors (Lipinski definition) is 2. The van der Waals surface area contributed by atoms with Gasteiger partial charge in [-0.05, 0) is 43.7 Å². The maximum absolute atomic E-state index is 13.0. The predicted molar refractivity (Wildman–Crippen MR) is 87.2 cm³/mol. The van der Waals surface area contributed by atoms with Crippen LogP contribution in [0.3, 0.4) is 0 Å². The first kappa shape index (κ1) is 16.1. The summed E-state index contributed by atoms with van der Waals surface area (Å²) < 4.78 is 39.1. The highest BCUT2D eigenvalue weighted by Gasteiger charge is 2.33. The van der Waals surface area contributed by atoms with E-state index in [9.17, 15) is 18.0 Å². The SMILES string of the molecule is Cc1ccc2[nH]c(C(=O)Nc3ccccc3C(F)(F)F)c(C)c2c1. The van der Waals surface area contributed by atoms with Gasteiger partial charge < -0.3 is 10.3 Å². The molecule has 1 heterocycles. The molecule has 3 aromatic rings. The van der Waals surface area contributed by atoms with Crippen LogP contribution in [0.4, 0.5) is 18.9 Å². The zero-order valence-electron chi connectivity index (χ0n) is 13.1. The van der Waals surface area contributed by atoms with Gasteiger partial charge in [-0.2, -0.15) is 13.2 Å². The fourth-order valence-corrected chi connectivity index (χ4v) is 2.69. The van der Waals surface area contributed by atoms with Crippen molar-refractivity contribution in [1.29, 1.82) is 0 Å². The van der Waals surface area contributed by atoms with Gasteiger partial charge >= 0.3 is 6.18 Å². The van der Waals surface area contributed by atoms with Crippen LogP contribution in [0, 0.1) is 13.8 Å². The molecule has 124 valence electrons. The summed E-state index contributed by atoms with van der Waals surface area (Å²) >= 11 is 0. The number of H-pyrrole nitrogens is 1. The number of nitrogens with one attached hydrogen (secondary N) is 2. The molecule has 0 aliphatic carbocycles. The highest BCUT2D eigenvalue weighted by atomic mass is 19.4. The van der Waals surface area contributed by atoms with Gasteiger partial charge in [-0.25, -0.2) is 0 Å². The van der Waals surface area contributed by atoms with Gasteiger partial charge in [-0.1, -0.05) is 23.8 Å². The number of halogens is 3. The molecule has 0 fully saturated rings. The number of para-hydroxylation sites is 1. The fraction of sp³-hybridized carbons (Fsp3) is 0.167. The molecule has 0 unspecified atom stereocenters. The molecule has 0 atom stereocenters.